The first kappa shape index (κ1) is 18.5. The number of rotatable bonds is 5. The SMILES string of the molecule is O=C1CCCc2[nH]c(-c3ccnc(NC(=O)C4(F)CC4)c3)c(Nc3ccccc3)c21. The van der Waals surface area contributed by atoms with E-state index in [1.807, 2.05) is 30.3 Å². The van der Waals surface area contributed by atoms with E-state index in [-0.39, 0.29) is 24.4 Å². The molecule has 2 heterocycles. The van der Waals surface area contributed by atoms with Crippen molar-refractivity contribution in [2.45, 2.75) is 37.8 Å². The topological polar surface area (TPSA) is 86.9 Å². The van der Waals surface area contributed by atoms with Crippen molar-refractivity contribution in [1.82, 2.24) is 9.97 Å². The van der Waals surface area contributed by atoms with Crippen LogP contribution in [-0.2, 0) is 11.2 Å². The molecule has 0 unspecified atom stereocenters. The number of amides is 1. The fourth-order valence-electron chi connectivity index (χ4n) is 3.82. The van der Waals surface area contributed by atoms with Crippen molar-refractivity contribution in [1.29, 1.82) is 0 Å². The Morgan fingerprint density at radius 3 is 2.70 bits per heavy atom. The van der Waals surface area contributed by atoms with Crippen molar-refractivity contribution in [3.8, 4) is 11.3 Å². The van der Waals surface area contributed by atoms with Crippen LogP contribution in [0.25, 0.3) is 11.3 Å². The minimum absolute atomic E-state index is 0.105. The van der Waals surface area contributed by atoms with E-state index in [2.05, 4.69) is 20.6 Å². The van der Waals surface area contributed by atoms with Crippen LogP contribution in [0.15, 0.2) is 48.7 Å². The van der Waals surface area contributed by atoms with Gasteiger partial charge in [0.2, 0.25) is 0 Å². The summed E-state index contributed by atoms with van der Waals surface area (Å²) >= 11 is 0. The van der Waals surface area contributed by atoms with Gasteiger partial charge in [-0.05, 0) is 49.9 Å². The fraction of sp³-hybridized carbons (Fsp3) is 0.261. The van der Waals surface area contributed by atoms with E-state index in [0.29, 0.717) is 17.7 Å². The van der Waals surface area contributed by atoms with Crippen molar-refractivity contribution in [3.63, 3.8) is 0 Å². The third kappa shape index (κ3) is 3.36. The Hall–Kier alpha value is -3.48. The number of nitrogens with one attached hydrogen (secondary N) is 3. The van der Waals surface area contributed by atoms with Gasteiger partial charge in [0.15, 0.2) is 11.5 Å². The number of carbonyl (C=O) groups excluding carboxylic acids is 2. The number of Topliss-reactive ketones (excluding diaryl/α,β-unsaturated/α-hetero) is 1. The van der Waals surface area contributed by atoms with Gasteiger partial charge in [0.05, 0.1) is 16.9 Å². The van der Waals surface area contributed by atoms with Gasteiger partial charge in [-0.15, -0.1) is 0 Å². The predicted octanol–water partition coefficient (Wildman–Crippen LogP) is 4.78. The molecule has 6 nitrogen and oxygen atoms in total. The summed E-state index contributed by atoms with van der Waals surface area (Å²) in [6, 6.07) is 13.1. The molecule has 3 N–H and O–H groups in total. The average Bonchev–Trinajstić information content (AvgIpc) is 3.40. The largest absolute Gasteiger partial charge is 0.356 e. The van der Waals surface area contributed by atoms with E-state index in [4.69, 9.17) is 0 Å². The molecule has 1 saturated carbocycles. The summed E-state index contributed by atoms with van der Waals surface area (Å²) < 4.78 is 14.0. The van der Waals surface area contributed by atoms with Crippen LogP contribution in [0.1, 0.15) is 41.7 Å². The second kappa shape index (κ2) is 7.09. The molecule has 0 aliphatic heterocycles. The van der Waals surface area contributed by atoms with Crippen LogP contribution in [0.4, 0.5) is 21.6 Å². The highest BCUT2D eigenvalue weighted by Gasteiger charge is 2.51. The summed E-state index contributed by atoms with van der Waals surface area (Å²) in [5, 5.41) is 5.95. The molecule has 30 heavy (non-hydrogen) atoms. The fourth-order valence-corrected chi connectivity index (χ4v) is 3.82. The van der Waals surface area contributed by atoms with Crippen LogP contribution in [0.3, 0.4) is 0 Å². The first-order chi connectivity index (χ1) is 14.5. The number of fused-ring (bicyclic) bond motifs is 1. The van der Waals surface area contributed by atoms with Crippen LogP contribution in [0.2, 0.25) is 0 Å². The van der Waals surface area contributed by atoms with E-state index in [9.17, 15) is 14.0 Å². The standard InChI is InChI=1S/C23H21FN4O2/c24-23(10-11-23)22(30)28-18-13-14(9-12-25-18)20-21(26-15-5-2-1-3-6-15)19-16(27-20)7-4-8-17(19)29/h1-3,5-6,9,12-13,26-27H,4,7-8,10-11H2,(H,25,28,30). The lowest BCUT2D eigenvalue weighted by molar-refractivity contribution is -0.122. The molecule has 0 saturated heterocycles. The molecule has 2 aliphatic carbocycles. The highest BCUT2D eigenvalue weighted by molar-refractivity contribution is 6.07. The number of alkyl halides is 1. The molecule has 1 aromatic carbocycles. The molecule has 2 aromatic heterocycles. The zero-order valence-corrected chi connectivity index (χ0v) is 16.3. The summed E-state index contributed by atoms with van der Waals surface area (Å²) in [4.78, 5) is 32.3. The van der Waals surface area contributed by atoms with Gasteiger partial charge < -0.3 is 15.6 Å². The van der Waals surface area contributed by atoms with Gasteiger partial charge in [-0.3, -0.25) is 9.59 Å². The molecule has 5 rings (SSSR count). The number of hydrogen-bond acceptors (Lipinski definition) is 4. The normalized spacial score (nSPS) is 16.6. The lowest BCUT2D eigenvalue weighted by Gasteiger charge is -2.14. The zero-order valence-electron chi connectivity index (χ0n) is 16.3. The van der Waals surface area contributed by atoms with Crippen molar-refractivity contribution >= 4 is 28.9 Å². The number of aromatic amines is 1. The summed E-state index contributed by atoms with van der Waals surface area (Å²) in [5.41, 5.74) is 2.91. The molecular formula is C23H21FN4O2. The second-order valence-corrected chi connectivity index (χ2v) is 7.85. The molecule has 2 aliphatic rings. The van der Waals surface area contributed by atoms with Crippen molar-refractivity contribution in [2.24, 2.45) is 0 Å². The van der Waals surface area contributed by atoms with Gasteiger partial charge in [0.1, 0.15) is 5.82 Å². The minimum atomic E-state index is -1.77. The number of anilines is 3. The van der Waals surface area contributed by atoms with Crippen LogP contribution in [0.5, 0.6) is 0 Å². The maximum absolute atomic E-state index is 14.0. The van der Waals surface area contributed by atoms with Crippen LogP contribution < -0.4 is 10.6 Å². The van der Waals surface area contributed by atoms with E-state index in [1.54, 1.807) is 18.3 Å². The number of aryl methyl sites for hydroxylation is 1. The molecule has 7 heteroatoms. The molecule has 0 atom stereocenters. The molecular weight excluding hydrogens is 383 g/mol. The van der Waals surface area contributed by atoms with E-state index < -0.39 is 11.6 Å². The Bertz CT molecular complexity index is 1140. The van der Waals surface area contributed by atoms with Gasteiger partial charge in [0, 0.05) is 29.6 Å². The van der Waals surface area contributed by atoms with Gasteiger partial charge >= 0.3 is 0 Å². The van der Waals surface area contributed by atoms with Crippen LogP contribution >= 0.6 is 0 Å². The third-order valence-corrected chi connectivity index (χ3v) is 5.62. The number of halogens is 1. The number of carbonyl (C=O) groups is 2. The van der Waals surface area contributed by atoms with Gasteiger partial charge in [-0.25, -0.2) is 9.37 Å². The summed E-state index contributed by atoms with van der Waals surface area (Å²) in [7, 11) is 0. The lowest BCUT2D eigenvalue weighted by atomic mass is 9.95. The Balaban J connectivity index is 1.54. The number of pyridine rings is 1. The second-order valence-electron chi connectivity index (χ2n) is 7.85. The molecule has 152 valence electrons. The Morgan fingerprint density at radius 1 is 1.13 bits per heavy atom. The van der Waals surface area contributed by atoms with E-state index in [0.717, 1.165) is 35.5 Å². The summed E-state index contributed by atoms with van der Waals surface area (Å²) in [6.07, 6.45) is 4.18. The van der Waals surface area contributed by atoms with E-state index in [1.165, 1.54) is 0 Å². The highest BCUT2D eigenvalue weighted by atomic mass is 19.1. The molecule has 1 fully saturated rings. The highest BCUT2D eigenvalue weighted by Crippen LogP contribution is 2.41. The summed E-state index contributed by atoms with van der Waals surface area (Å²) in [5.74, 6) is -0.269. The van der Waals surface area contributed by atoms with Crippen LogP contribution in [-0.4, -0.2) is 27.3 Å². The molecule has 0 radical (unpaired) electrons. The first-order valence-electron chi connectivity index (χ1n) is 10.1. The Morgan fingerprint density at radius 2 is 1.93 bits per heavy atom. The minimum Gasteiger partial charge on any atom is -0.356 e. The maximum Gasteiger partial charge on any atom is 0.263 e. The lowest BCUT2D eigenvalue weighted by Crippen LogP contribution is -2.25. The zero-order chi connectivity index (χ0) is 20.7. The maximum atomic E-state index is 14.0. The van der Waals surface area contributed by atoms with Crippen LogP contribution in [0, 0.1) is 0 Å². The molecule has 0 bridgehead atoms. The van der Waals surface area contributed by atoms with E-state index >= 15 is 0 Å². The number of aromatic nitrogens is 2. The van der Waals surface area contributed by atoms with Gasteiger partial charge in [0.25, 0.3) is 5.91 Å². The van der Waals surface area contributed by atoms with Crippen molar-refractivity contribution in [2.75, 3.05) is 10.6 Å². The van der Waals surface area contributed by atoms with Gasteiger partial charge in [-0.2, -0.15) is 0 Å². The molecule has 1 amide bonds. The van der Waals surface area contributed by atoms with Crippen molar-refractivity contribution < 1.29 is 14.0 Å². The third-order valence-electron chi connectivity index (χ3n) is 5.62. The smallest absolute Gasteiger partial charge is 0.263 e. The first-order valence-corrected chi connectivity index (χ1v) is 10.1. The molecule has 3 aromatic rings. The number of ketones is 1. The average molecular weight is 404 g/mol. The number of nitrogens with zero attached hydrogens (tertiary/aromatic N) is 1. The van der Waals surface area contributed by atoms with Crippen molar-refractivity contribution in [3.05, 3.63) is 59.9 Å². The summed E-state index contributed by atoms with van der Waals surface area (Å²) in [6.45, 7) is 0. The number of H-pyrrole nitrogens is 1. The van der Waals surface area contributed by atoms with Gasteiger partial charge in [-0.1, -0.05) is 18.2 Å². The number of para-hydroxylation sites is 1. The molecule has 0 spiro atoms. The number of hydrogen-bond donors (Lipinski definition) is 3. The Kier molecular flexibility index (Phi) is 4.38. The quantitative estimate of drug-likeness (QED) is 0.571. The Labute approximate surface area is 172 Å². The monoisotopic (exact) mass is 404 g/mol. The number of benzene rings is 1. The predicted molar refractivity (Wildman–Crippen MR) is 113 cm³/mol.